The number of hydrogen-bond acceptors (Lipinski definition) is 8. The van der Waals surface area contributed by atoms with E-state index in [4.69, 9.17) is 15.2 Å². The Kier molecular flexibility index (Phi) is 4.05. The highest BCUT2D eigenvalue weighted by Gasteiger charge is 2.22. The van der Waals surface area contributed by atoms with Crippen LogP contribution in [-0.2, 0) is 4.74 Å². The zero-order chi connectivity index (χ0) is 18.0. The van der Waals surface area contributed by atoms with Crippen molar-refractivity contribution in [2.45, 2.75) is 0 Å². The number of methoxy groups -OCH3 is 2. The van der Waals surface area contributed by atoms with Crippen LogP contribution in [-0.4, -0.2) is 45.0 Å². The molecule has 2 N–H and O–H groups in total. The highest BCUT2D eigenvalue weighted by Crippen LogP contribution is 2.28. The molecule has 0 saturated carbocycles. The Bertz CT molecular complexity index is 970. The van der Waals surface area contributed by atoms with E-state index >= 15 is 0 Å². The fourth-order valence-electron chi connectivity index (χ4n) is 2.36. The molecule has 0 aliphatic carbocycles. The molecule has 3 aromatic rings. The van der Waals surface area contributed by atoms with Crippen molar-refractivity contribution in [1.29, 1.82) is 5.26 Å². The molecule has 0 aliphatic rings. The fraction of sp³-hybridized carbons (Fsp3) is 0.133. The lowest BCUT2D eigenvalue weighted by Crippen LogP contribution is -2.11. The van der Waals surface area contributed by atoms with Crippen LogP contribution in [0.1, 0.15) is 16.1 Å². The van der Waals surface area contributed by atoms with Gasteiger partial charge in [0.2, 0.25) is 0 Å². The fourth-order valence-corrected chi connectivity index (χ4v) is 2.36. The predicted molar refractivity (Wildman–Crippen MR) is 85.5 cm³/mol. The van der Waals surface area contributed by atoms with E-state index in [0.29, 0.717) is 17.1 Å². The molecular formula is C15H13N7O3. The molecule has 3 rings (SSSR count). The number of rotatable bonds is 4. The molecule has 0 saturated heterocycles. The zero-order valence-corrected chi connectivity index (χ0v) is 13.4. The van der Waals surface area contributed by atoms with Crippen LogP contribution in [0.5, 0.6) is 5.75 Å². The van der Waals surface area contributed by atoms with Crippen LogP contribution in [0.3, 0.4) is 0 Å². The molecule has 0 radical (unpaired) electrons. The second kappa shape index (κ2) is 6.32. The summed E-state index contributed by atoms with van der Waals surface area (Å²) >= 11 is 0. The Labute approximate surface area is 142 Å². The quantitative estimate of drug-likeness (QED) is 0.687. The van der Waals surface area contributed by atoms with Gasteiger partial charge in [-0.3, -0.25) is 0 Å². The molecule has 0 amide bonds. The number of tetrazole rings is 1. The summed E-state index contributed by atoms with van der Waals surface area (Å²) in [4.78, 5) is 12.1. The number of carbonyl (C=O) groups is 1. The number of nitriles is 1. The van der Waals surface area contributed by atoms with Crippen molar-refractivity contribution in [2.24, 2.45) is 0 Å². The monoisotopic (exact) mass is 339 g/mol. The number of nitrogens with zero attached hydrogens (tertiary/aromatic N) is 6. The van der Waals surface area contributed by atoms with E-state index in [0.717, 1.165) is 0 Å². The van der Waals surface area contributed by atoms with Crippen molar-refractivity contribution < 1.29 is 14.3 Å². The number of carbonyl (C=O) groups excluding carboxylic acids is 1. The molecule has 0 atom stereocenters. The van der Waals surface area contributed by atoms with Crippen LogP contribution in [0, 0.1) is 11.3 Å². The van der Waals surface area contributed by atoms with Crippen LogP contribution in [0.2, 0.25) is 0 Å². The third-order valence-electron chi connectivity index (χ3n) is 3.55. The van der Waals surface area contributed by atoms with Crippen molar-refractivity contribution in [1.82, 2.24) is 24.8 Å². The first kappa shape index (κ1) is 16.0. The van der Waals surface area contributed by atoms with Gasteiger partial charge in [-0.1, -0.05) is 0 Å². The van der Waals surface area contributed by atoms with Gasteiger partial charge in [0, 0.05) is 18.3 Å². The van der Waals surface area contributed by atoms with Crippen molar-refractivity contribution >= 4 is 11.7 Å². The summed E-state index contributed by atoms with van der Waals surface area (Å²) in [5.74, 6) is -0.157. The van der Waals surface area contributed by atoms with Crippen LogP contribution in [0.4, 0.5) is 5.69 Å². The Morgan fingerprint density at radius 2 is 2.04 bits per heavy atom. The lowest BCUT2D eigenvalue weighted by molar-refractivity contribution is 0.0593. The molecule has 2 aromatic heterocycles. The molecule has 0 bridgehead atoms. The van der Waals surface area contributed by atoms with Gasteiger partial charge in [-0.15, -0.1) is 5.10 Å². The standard InChI is InChI=1S/C15H13N7O3/c1-24-12-4-10(3-11(5-12)22-8-18-19-20-22)21-7-9(6-16)13(17)14(21)15(23)25-2/h3-5,7-8H,17H2,1-2H3. The summed E-state index contributed by atoms with van der Waals surface area (Å²) in [5.41, 5.74) is 7.30. The summed E-state index contributed by atoms with van der Waals surface area (Å²) in [7, 11) is 2.75. The van der Waals surface area contributed by atoms with Crippen LogP contribution >= 0.6 is 0 Å². The molecule has 0 unspecified atom stereocenters. The highest BCUT2D eigenvalue weighted by molar-refractivity contribution is 5.96. The number of aromatic nitrogens is 5. The average Bonchev–Trinajstić information content (AvgIpc) is 3.28. The topological polar surface area (TPSA) is 134 Å². The van der Waals surface area contributed by atoms with E-state index in [1.165, 1.54) is 36.0 Å². The molecule has 10 nitrogen and oxygen atoms in total. The Hall–Kier alpha value is -3.87. The Morgan fingerprint density at radius 3 is 2.64 bits per heavy atom. The first-order valence-corrected chi connectivity index (χ1v) is 7.01. The molecule has 0 fully saturated rings. The highest BCUT2D eigenvalue weighted by atomic mass is 16.5. The molecule has 126 valence electrons. The van der Waals surface area contributed by atoms with Crippen molar-refractivity contribution in [3.05, 3.63) is 42.0 Å². The van der Waals surface area contributed by atoms with E-state index in [1.807, 2.05) is 6.07 Å². The minimum Gasteiger partial charge on any atom is -0.497 e. The first-order chi connectivity index (χ1) is 12.1. The third-order valence-corrected chi connectivity index (χ3v) is 3.55. The first-order valence-electron chi connectivity index (χ1n) is 7.01. The maximum absolute atomic E-state index is 12.1. The molecule has 10 heteroatoms. The lowest BCUT2D eigenvalue weighted by Gasteiger charge is -2.12. The maximum Gasteiger partial charge on any atom is 0.357 e. The minimum absolute atomic E-state index is 0.0427. The van der Waals surface area contributed by atoms with Crippen LogP contribution in [0.15, 0.2) is 30.7 Å². The summed E-state index contributed by atoms with van der Waals surface area (Å²) in [6.07, 6.45) is 2.88. The smallest absolute Gasteiger partial charge is 0.357 e. The second-order valence-corrected chi connectivity index (χ2v) is 4.92. The summed E-state index contributed by atoms with van der Waals surface area (Å²) in [6, 6.07) is 7.07. The number of hydrogen-bond donors (Lipinski definition) is 1. The van der Waals surface area contributed by atoms with E-state index in [9.17, 15) is 10.1 Å². The van der Waals surface area contributed by atoms with Crippen molar-refractivity contribution in [2.75, 3.05) is 20.0 Å². The molecule has 0 aliphatic heterocycles. The minimum atomic E-state index is -0.661. The van der Waals surface area contributed by atoms with Gasteiger partial charge in [0.15, 0.2) is 5.69 Å². The van der Waals surface area contributed by atoms with E-state index < -0.39 is 5.97 Å². The van der Waals surface area contributed by atoms with E-state index in [-0.39, 0.29) is 16.9 Å². The SMILES string of the molecule is COC(=O)c1c(N)c(C#N)cn1-c1cc(OC)cc(-n2cnnn2)c1. The zero-order valence-electron chi connectivity index (χ0n) is 13.4. The van der Waals surface area contributed by atoms with Gasteiger partial charge in [-0.25, -0.2) is 9.48 Å². The van der Waals surface area contributed by atoms with E-state index in [1.54, 1.807) is 18.2 Å². The van der Waals surface area contributed by atoms with Gasteiger partial charge in [-0.05, 0) is 16.5 Å². The van der Waals surface area contributed by atoms with Crippen LogP contribution in [0.25, 0.3) is 11.4 Å². The molecule has 2 heterocycles. The number of benzene rings is 1. The number of nitrogens with two attached hydrogens (primary N) is 1. The van der Waals surface area contributed by atoms with Crippen LogP contribution < -0.4 is 10.5 Å². The molecule has 25 heavy (non-hydrogen) atoms. The van der Waals surface area contributed by atoms with Gasteiger partial charge < -0.3 is 19.8 Å². The van der Waals surface area contributed by atoms with Gasteiger partial charge >= 0.3 is 5.97 Å². The molecule has 1 aromatic carbocycles. The molecular weight excluding hydrogens is 326 g/mol. The van der Waals surface area contributed by atoms with Gasteiger partial charge in [0.25, 0.3) is 0 Å². The number of esters is 1. The number of ether oxygens (including phenoxy) is 2. The largest absolute Gasteiger partial charge is 0.497 e. The normalized spacial score (nSPS) is 10.3. The van der Waals surface area contributed by atoms with Crippen molar-refractivity contribution in [3.63, 3.8) is 0 Å². The predicted octanol–water partition coefficient (Wildman–Crippen LogP) is 0.702. The van der Waals surface area contributed by atoms with Gasteiger partial charge in [-0.2, -0.15) is 5.26 Å². The van der Waals surface area contributed by atoms with Gasteiger partial charge in [0.05, 0.1) is 36.8 Å². The summed E-state index contributed by atoms with van der Waals surface area (Å²) in [6.45, 7) is 0. The second-order valence-electron chi connectivity index (χ2n) is 4.92. The lowest BCUT2D eigenvalue weighted by atomic mass is 10.2. The average molecular weight is 339 g/mol. The Morgan fingerprint density at radius 1 is 1.28 bits per heavy atom. The van der Waals surface area contributed by atoms with E-state index in [2.05, 4.69) is 15.5 Å². The van der Waals surface area contributed by atoms with Gasteiger partial charge in [0.1, 0.15) is 18.1 Å². The van der Waals surface area contributed by atoms with Crippen molar-refractivity contribution in [3.8, 4) is 23.2 Å². The third kappa shape index (κ3) is 2.74. The number of anilines is 1. The number of nitrogen functional groups attached to an aromatic ring is 1. The maximum atomic E-state index is 12.1. The summed E-state index contributed by atoms with van der Waals surface area (Å²) < 4.78 is 13.0. The Balaban J connectivity index is 2.25. The summed E-state index contributed by atoms with van der Waals surface area (Å²) in [5, 5.41) is 20.2. The molecule has 0 spiro atoms.